The summed E-state index contributed by atoms with van der Waals surface area (Å²) >= 11 is 9.52. The molecule has 0 N–H and O–H groups in total. The average molecular weight is 625 g/mol. The summed E-state index contributed by atoms with van der Waals surface area (Å²) in [6.45, 7) is 3.71. The second-order valence-corrected chi connectivity index (χ2v) is 10.2. The lowest BCUT2D eigenvalue weighted by Gasteiger charge is -2.24. The molecular weight excluding hydrogens is 603 g/mol. The molecule has 0 aliphatic carbocycles. The van der Waals surface area contributed by atoms with E-state index >= 15 is 0 Å². The SMILES string of the molecule is CCOC(=O)C1=C(C)N=c2sc(=Cc3cc(I)c(OC)c(OC)c3)c(=O)n2[C@H]1c1ccc(Cl)cc1. The second kappa shape index (κ2) is 10.5. The molecular formula is C25H22ClIN2O5S. The van der Waals surface area contributed by atoms with Crippen molar-refractivity contribution in [2.75, 3.05) is 20.8 Å². The van der Waals surface area contributed by atoms with Crippen LogP contribution in [0.4, 0.5) is 0 Å². The van der Waals surface area contributed by atoms with Crippen molar-refractivity contribution in [1.82, 2.24) is 4.57 Å². The van der Waals surface area contributed by atoms with Gasteiger partial charge in [-0.1, -0.05) is 35.1 Å². The average Bonchev–Trinajstić information content (AvgIpc) is 3.12. The van der Waals surface area contributed by atoms with Gasteiger partial charge in [-0.3, -0.25) is 9.36 Å². The lowest BCUT2D eigenvalue weighted by molar-refractivity contribution is -0.139. The van der Waals surface area contributed by atoms with Gasteiger partial charge in [0.1, 0.15) is 0 Å². The molecule has 0 saturated heterocycles. The summed E-state index contributed by atoms with van der Waals surface area (Å²) in [5.74, 6) is 0.694. The van der Waals surface area contributed by atoms with Crippen molar-refractivity contribution in [1.29, 1.82) is 0 Å². The third kappa shape index (κ3) is 4.89. The van der Waals surface area contributed by atoms with Gasteiger partial charge in [-0.15, -0.1) is 0 Å². The minimum absolute atomic E-state index is 0.214. The minimum atomic E-state index is -0.685. The maximum absolute atomic E-state index is 13.7. The normalized spacial score (nSPS) is 15.5. The number of halogens is 2. The van der Waals surface area contributed by atoms with E-state index in [4.69, 9.17) is 25.8 Å². The second-order valence-electron chi connectivity index (χ2n) is 7.59. The number of nitrogens with zero attached hydrogens (tertiary/aromatic N) is 2. The Morgan fingerprint density at radius 2 is 1.94 bits per heavy atom. The van der Waals surface area contributed by atoms with Gasteiger partial charge in [0.05, 0.1) is 46.2 Å². The zero-order chi connectivity index (χ0) is 25.3. The largest absolute Gasteiger partial charge is 0.493 e. The van der Waals surface area contributed by atoms with Gasteiger partial charge < -0.3 is 14.2 Å². The molecule has 0 bridgehead atoms. The predicted octanol–water partition coefficient (Wildman–Crippen LogP) is 4.07. The Labute approximate surface area is 224 Å². The van der Waals surface area contributed by atoms with Gasteiger partial charge in [-0.2, -0.15) is 0 Å². The third-order valence-electron chi connectivity index (χ3n) is 5.46. The van der Waals surface area contributed by atoms with Crippen LogP contribution in [0.25, 0.3) is 6.08 Å². The van der Waals surface area contributed by atoms with Crippen molar-refractivity contribution in [3.8, 4) is 11.5 Å². The van der Waals surface area contributed by atoms with Crippen molar-refractivity contribution in [3.63, 3.8) is 0 Å². The fourth-order valence-corrected chi connectivity index (χ4v) is 5.94. The zero-order valence-corrected chi connectivity index (χ0v) is 23.2. The highest BCUT2D eigenvalue weighted by Gasteiger charge is 2.33. The van der Waals surface area contributed by atoms with E-state index in [0.717, 1.165) is 14.7 Å². The van der Waals surface area contributed by atoms with Crippen LogP contribution in [-0.2, 0) is 9.53 Å². The monoisotopic (exact) mass is 624 g/mol. The van der Waals surface area contributed by atoms with E-state index in [0.29, 0.717) is 37.1 Å². The summed E-state index contributed by atoms with van der Waals surface area (Å²) in [6.07, 6.45) is 1.79. The van der Waals surface area contributed by atoms with Gasteiger partial charge in [0.15, 0.2) is 16.3 Å². The molecule has 0 spiro atoms. The Morgan fingerprint density at radius 1 is 1.23 bits per heavy atom. The van der Waals surface area contributed by atoms with Gasteiger partial charge in [0.2, 0.25) is 0 Å². The number of methoxy groups -OCH3 is 2. The Bertz CT molecular complexity index is 1510. The number of esters is 1. The Hall–Kier alpha value is -2.63. The molecule has 1 aliphatic heterocycles. The van der Waals surface area contributed by atoms with Crippen LogP contribution in [0.15, 0.2) is 57.5 Å². The molecule has 0 amide bonds. The van der Waals surface area contributed by atoms with Crippen LogP contribution in [0, 0.1) is 3.57 Å². The maximum atomic E-state index is 13.7. The lowest BCUT2D eigenvalue weighted by atomic mass is 9.96. The first-order valence-electron chi connectivity index (χ1n) is 10.7. The number of hydrogen-bond donors (Lipinski definition) is 0. The van der Waals surface area contributed by atoms with Crippen LogP contribution in [-0.4, -0.2) is 31.4 Å². The van der Waals surface area contributed by atoms with E-state index in [9.17, 15) is 9.59 Å². The molecule has 1 atom stereocenters. The highest BCUT2D eigenvalue weighted by molar-refractivity contribution is 14.1. The molecule has 2 heterocycles. The predicted molar refractivity (Wildman–Crippen MR) is 144 cm³/mol. The molecule has 0 radical (unpaired) electrons. The summed E-state index contributed by atoms with van der Waals surface area (Å²) in [4.78, 5) is 31.7. The fourth-order valence-electron chi connectivity index (χ4n) is 3.92. The lowest BCUT2D eigenvalue weighted by Crippen LogP contribution is -2.39. The van der Waals surface area contributed by atoms with E-state index in [1.165, 1.54) is 11.3 Å². The minimum Gasteiger partial charge on any atom is -0.493 e. The Balaban J connectivity index is 1.94. The molecule has 1 aromatic heterocycles. The van der Waals surface area contributed by atoms with Crippen LogP contribution < -0.4 is 24.4 Å². The van der Waals surface area contributed by atoms with Gasteiger partial charge in [0, 0.05) is 5.02 Å². The van der Waals surface area contributed by atoms with E-state index in [-0.39, 0.29) is 12.2 Å². The summed E-state index contributed by atoms with van der Waals surface area (Å²) in [7, 11) is 3.15. The summed E-state index contributed by atoms with van der Waals surface area (Å²) in [5.41, 5.74) is 2.10. The van der Waals surface area contributed by atoms with Gasteiger partial charge in [0.25, 0.3) is 5.56 Å². The molecule has 2 aromatic carbocycles. The van der Waals surface area contributed by atoms with Crippen molar-refractivity contribution in [2.45, 2.75) is 19.9 Å². The fraction of sp³-hybridized carbons (Fsp3) is 0.240. The van der Waals surface area contributed by atoms with Crippen LogP contribution >= 0.6 is 45.5 Å². The van der Waals surface area contributed by atoms with Crippen LogP contribution in [0.3, 0.4) is 0 Å². The summed E-state index contributed by atoms with van der Waals surface area (Å²) in [6, 6.07) is 10.1. The maximum Gasteiger partial charge on any atom is 0.338 e. The standard InChI is InChI=1S/C25H22ClIN2O5S/c1-5-34-24(31)20-13(2)28-25-29(21(20)15-6-8-16(26)9-7-15)23(30)19(35-25)12-14-10-17(27)22(33-4)18(11-14)32-3/h6-12,21H,5H2,1-4H3/t21-/m0/s1. The number of thiazole rings is 1. The number of benzene rings is 2. The first-order valence-corrected chi connectivity index (χ1v) is 12.9. The molecule has 182 valence electrons. The highest BCUT2D eigenvalue weighted by Crippen LogP contribution is 2.34. The number of fused-ring (bicyclic) bond motifs is 1. The van der Waals surface area contributed by atoms with E-state index in [1.54, 1.807) is 63.0 Å². The van der Waals surface area contributed by atoms with Crippen molar-refractivity contribution < 1.29 is 19.0 Å². The van der Waals surface area contributed by atoms with Gasteiger partial charge in [-0.25, -0.2) is 9.79 Å². The van der Waals surface area contributed by atoms with Crippen LogP contribution in [0.5, 0.6) is 11.5 Å². The smallest absolute Gasteiger partial charge is 0.338 e. The quantitative estimate of drug-likeness (QED) is 0.305. The van der Waals surface area contributed by atoms with Crippen molar-refractivity contribution in [2.24, 2.45) is 4.99 Å². The summed E-state index contributed by atoms with van der Waals surface area (Å²) < 4.78 is 19.1. The number of rotatable bonds is 6. The molecule has 0 unspecified atom stereocenters. The number of carbonyl (C=O) groups is 1. The topological polar surface area (TPSA) is 79.1 Å². The first-order chi connectivity index (χ1) is 16.8. The van der Waals surface area contributed by atoms with Crippen molar-refractivity contribution in [3.05, 3.63) is 87.1 Å². The van der Waals surface area contributed by atoms with E-state index in [1.807, 2.05) is 12.1 Å². The molecule has 1 aliphatic rings. The summed E-state index contributed by atoms with van der Waals surface area (Å²) in [5, 5.41) is 0.558. The molecule has 3 aromatic rings. The van der Waals surface area contributed by atoms with E-state index in [2.05, 4.69) is 27.6 Å². The van der Waals surface area contributed by atoms with Crippen LogP contribution in [0.2, 0.25) is 5.02 Å². The number of carbonyl (C=O) groups excluding carboxylic acids is 1. The number of ether oxygens (including phenoxy) is 3. The molecule has 10 heteroatoms. The van der Waals surface area contributed by atoms with Gasteiger partial charge in [-0.05, 0) is 77.9 Å². The molecule has 0 fully saturated rings. The first kappa shape index (κ1) is 25.5. The number of aromatic nitrogens is 1. The molecule has 0 saturated carbocycles. The van der Waals surface area contributed by atoms with E-state index < -0.39 is 12.0 Å². The number of hydrogen-bond acceptors (Lipinski definition) is 7. The van der Waals surface area contributed by atoms with Crippen molar-refractivity contribution >= 4 is 57.6 Å². The van der Waals surface area contributed by atoms with Gasteiger partial charge >= 0.3 is 5.97 Å². The van der Waals surface area contributed by atoms with Crippen LogP contribution in [0.1, 0.15) is 31.0 Å². The Kier molecular flexibility index (Phi) is 7.67. The molecule has 4 rings (SSSR count). The highest BCUT2D eigenvalue weighted by atomic mass is 127. The molecule has 7 nitrogen and oxygen atoms in total. The zero-order valence-electron chi connectivity index (χ0n) is 19.4. The number of allylic oxidation sites excluding steroid dienone is 1. The molecule has 35 heavy (non-hydrogen) atoms. The third-order valence-corrected chi connectivity index (χ3v) is 7.49. The Morgan fingerprint density at radius 3 is 2.57 bits per heavy atom.